The fraction of sp³-hybridized carbons (Fsp3) is 0.500. The number of nitrogens with two attached hydrogens (primary N) is 1. The van der Waals surface area contributed by atoms with Gasteiger partial charge in [0.15, 0.2) is 5.83 Å². The zero-order valence-electron chi connectivity index (χ0n) is 14.5. The predicted molar refractivity (Wildman–Crippen MR) is 93.6 cm³/mol. The quantitative estimate of drug-likeness (QED) is 0.857. The highest BCUT2D eigenvalue weighted by Gasteiger charge is 2.38. The number of benzene rings is 1. The Labute approximate surface area is 147 Å². The van der Waals surface area contributed by atoms with Crippen molar-refractivity contribution >= 4 is 0 Å². The average Bonchev–Trinajstić information content (AvgIpc) is 2.59. The molecule has 0 bridgehead atoms. The van der Waals surface area contributed by atoms with Crippen LogP contribution in [0.15, 0.2) is 53.9 Å². The van der Waals surface area contributed by atoms with Gasteiger partial charge in [-0.1, -0.05) is 30.3 Å². The number of nitrogens with zero attached hydrogens (tertiary/aromatic N) is 1. The van der Waals surface area contributed by atoms with Crippen molar-refractivity contribution in [3.05, 3.63) is 59.5 Å². The van der Waals surface area contributed by atoms with Crippen LogP contribution in [0.2, 0.25) is 0 Å². The van der Waals surface area contributed by atoms with Crippen molar-refractivity contribution in [2.24, 2.45) is 17.6 Å². The van der Waals surface area contributed by atoms with Crippen molar-refractivity contribution in [1.82, 2.24) is 4.90 Å². The van der Waals surface area contributed by atoms with Gasteiger partial charge in [-0.3, -0.25) is 4.90 Å². The summed E-state index contributed by atoms with van der Waals surface area (Å²) in [4.78, 5) is 2.28. The van der Waals surface area contributed by atoms with Crippen LogP contribution in [0.4, 0.5) is 13.2 Å². The SMILES string of the molecule is CN(Cc1ccccc1)[C@H]1CCC([C@H]2CC(F)=C(F)C=C2F)[C@@H](N)C1. The molecule has 2 N–H and O–H groups in total. The molecule has 5 heteroatoms. The van der Waals surface area contributed by atoms with E-state index in [4.69, 9.17) is 5.73 Å². The van der Waals surface area contributed by atoms with Crippen LogP contribution in [0.1, 0.15) is 31.2 Å². The zero-order valence-corrected chi connectivity index (χ0v) is 14.5. The van der Waals surface area contributed by atoms with Crippen molar-refractivity contribution in [1.29, 1.82) is 0 Å². The van der Waals surface area contributed by atoms with E-state index in [0.717, 1.165) is 25.8 Å². The van der Waals surface area contributed by atoms with Gasteiger partial charge in [0.2, 0.25) is 0 Å². The zero-order chi connectivity index (χ0) is 18.0. The first-order valence-electron chi connectivity index (χ1n) is 8.86. The second-order valence-corrected chi connectivity index (χ2v) is 7.29. The minimum Gasteiger partial charge on any atom is -0.327 e. The van der Waals surface area contributed by atoms with E-state index in [2.05, 4.69) is 24.1 Å². The van der Waals surface area contributed by atoms with Gasteiger partial charge in [0.05, 0.1) is 0 Å². The molecule has 1 aromatic rings. The summed E-state index contributed by atoms with van der Waals surface area (Å²) < 4.78 is 40.9. The molecule has 0 spiro atoms. The van der Waals surface area contributed by atoms with Gasteiger partial charge in [-0.05, 0) is 37.8 Å². The molecule has 0 aromatic heterocycles. The first-order valence-corrected chi connectivity index (χ1v) is 8.86. The van der Waals surface area contributed by atoms with E-state index in [1.165, 1.54) is 5.56 Å². The van der Waals surface area contributed by atoms with Crippen LogP contribution in [0, 0.1) is 11.8 Å². The third-order valence-electron chi connectivity index (χ3n) is 5.62. The molecule has 0 aliphatic heterocycles. The predicted octanol–water partition coefficient (Wildman–Crippen LogP) is 4.64. The van der Waals surface area contributed by atoms with Crippen molar-refractivity contribution in [3.63, 3.8) is 0 Å². The molecular formula is C20H25F3N2. The van der Waals surface area contributed by atoms with Crippen LogP contribution in [0.3, 0.4) is 0 Å². The van der Waals surface area contributed by atoms with Crippen LogP contribution in [-0.2, 0) is 6.54 Å². The third kappa shape index (κ3) is 4.15. The second kappa shape index (κ2) is 7.75. The van der Waals surface area contributed by atoms with Gasteiger partial charge in [0.25, 0.3) is 0 Å². The van der Waals surface area contributed by atoms with Crippen LogP contribution in [0.5, 0.6) is 0 Å². The average molecular weight is 350 g/mol. The minimum absolute atomic E-state index is 0.142. The summed E-state index contributed by atoms with van der Waals surface area (Å²) in [6.45, 7) is 0.836. The first-order chi connectivity index (χ1) is 12.0. The van der Waals surface area contributed by atoms with Gasteiger partial charge in [0.1, 0.15) is 11.7 Å². The number of hydrogen-bond donors (Lipinski definition) is 1. The van der Waals surface area contributed by atoms with Gasteiger partial charge in [-0.2, -0.15) is 0 Å². The van der Waals surface area contributed by atoms with E-state index >= 15 is 0 Å². The Bertz CT molecular complexity index is 656. The molecule has 1 fully saturated rings. The van der Waals surface area contributed by atoms with E-state index in [1.807, 2.05) is 18.2 Å². The van der Waals surface area contributed by atoms with Gasteiger partial charge in [0, 0.05) is 37.0 Å². The molecule has 136 valence electrons. The number of halogens is 3. The Hall–Kier alpha value is -1.59. The van der Waals surface area contributed by atoms with Crippen molar-refractivity contribution in [3.8, 4) is 0 Å². The van der Waals surface area contributed by atoms with E-state index < -0.39 is 23.4 Å². The molecule has 2 aliphatic carbocycles. The molecule has 4 atom stereocenters. The fourth-order valence-corrected chi connectivity index (χ4v) is 4.16. The maximum Gasteiger partial charge on any atom is 0.157 e. The molecule has 0 amide bonds. The molecule has 0 saturated heterocycles. The maximum absolute atomic E-state index is 14.1. The molecular weight excluding hydrogens is 325 g/mol. The Balaban J connectivity index is 1.60. The highest BCUT2D eigenvalue weighted by atomic mass is 19.2. The first kappa shape index (κ1) is 18.2. The normalized spacial score (nSPS) is 30.6. The summed E-state index contributed by atoms with van der Waals surface area (Å²) in [5, 5.41) is 0. The number of rotatable bonds is 4. The molecule has 3 rings (SSSR count). The standard InChI is InChI=1S/C20H25F3N2/c1-25(12-13-5-3-2-4-6-13)14-7-8-15(20(24)9-14)16-10-18(22)19(23)11-17(16)21/h2-6,11,14-16,20H,7-10,12,24H2,1H3/t14-,15?,16+,20-/m0/s1. The summed E-state index contributed by atoms with van der Waals surface area (Å²) in [5.74, 6) is -3.29. The van der Waals surface area contributed by atoms with E-state index in [0.29, 0.717) is 12.1 Å². The van der Waals surface area contributed by atoms with Gasteiger partial charge >= 0.3 is 0 Å². The summed E-state index contributed by atoms with van der Waals surface area (Å²) in [7, 11) is 2.07. The van der Waals surface area contributed by atoms with Crippen LogP contribution in [-0.4, -0.2) is 24.0 Å². The van der Waals surface area contributed by atoms with E-state index in [1.54, 1.807) is 0 Å². The molecule has 2 nitrogen and oxygen atoms in total. The third-order valence-corrected chi connectivity index (χ3v) is 5.62. The Kier molecular flexibility index (Phi) is 5.64. The smallest absolute Gasteiger partial charge is 0.157 e. The van der Waals surface area contributed by atoms with Crippen molar-refractivity contribution in [2.45, 2.75) is 44.3 Å². The Morgan fingerprint density at radius 2 is 1.84 bits per heavy atom. The number of hydrogen-bond acceptors (Lipinski definition) is 2. The maximum atomic E-state index is 14.1. The fourth-order valence-electron chi connectivity index (χ4n) is 4.16. The lowest BCUT2D eigenvalue weighted by molar-refractivity contribution is 0.115. The topological polar surface area (TPSA) is 29.3 Å². The van der Waals surface area contributed by atoms with Crippen LogP contribution < -0.4 is 5.73 Å². The minimum atomic E-state index is -1.08. The molecule has 2 aliphatic rings. The van der Waals surface area contributed by atoms with Gasteiger partial charge < -0.3 is 5.73 Å². The largest absolute Gasteiger partial charge is 0.327 e. The van der Waals surface area contributed by atoms with Crippen molar-refractivity contribution < 1.29 is 13.2 Å². The van der Waals surface area contributed by atoms with Gasteiger partial charge in [-0.15, -0.1) is 0 Å². The number of allylic oxidation sites excluding steroid dienone is 4. The van der Waals surface area contributed by atoms with Crippen LogP contribution in [0.25, 0.3) is 0 Å². The van der Waals surface area contributed by atoms with Crippen molar-refractivity contribution in [2.75, 3.05) is 7.05 Å². The summed E-state index contributed by atoms with van der Waals surface area (Å²) >= 11 is 0. The molecule has 25 heavy (non-hydrogen) atoms. The lowest BCUT2D eigenvalue weighted by Gasteiger charge is -2.41. The summed E-state index contributed by atoms with van der Waals surface area (Å²) in [6.07, 6.45) is 2.83. The molecule has 1 saturated carbocycles. The second-order valence-electron chi connectivity index (χ2n) is 7.29. The Morgan fingerprint density at radius 1 is 1.12 bits per heavy atom. The molecule has 0 radical (unpaired) electrons. The highest BCUT2D eigenvalue weighted by Crippen LogP contribution is 2.42. The van der Waals surface area contributed by atoms with Gasteiger partial charge in [-0.25, -0.2) is 13.2 Å². The summed E-state index contributed by atoms with van der Waals surface area (Å²) in [6, 6.07) is 10.3. The lowest BCUT2D eigenvalue weighted by atomic mass is 9.72. The molecule has 1 aromatic carbocycles. The lowest BCUT2D eigenvalue weighted by Crippen LogP contribution is -2.47. The summed E-state index contributed by atoms with van der Waals surface area (Å²) in [5.41, 5.74) is 7.56. The molecule has 0 heterocycles. The van der Waals surface area contributed by atoms with E-state index in [-0.39, 0.29) is 18.4 Å². The van der Waals surface area contributed by atoms with Crippen LogP contribution >= 0.6 is 0 Å². The van der Waals surface area contributed by atoms with E-state index in [9.17, 15) is 13.2 Å². The monoisotopic (exact) mass is 350 g/mol. The Morgan fingerprint density at radius 3 is 2.52 bits per heavy atom. The molecule has 1 unspecified atom stereocenters. The highest BCUT2D eigenvalue weighted by molar-refractivity contribution is 5.26.